The number of fused-ring (bicyclic) bond motifs is 1. The first-order chi connectivity index (χ1) is 16.3. The highest BCUT2D eigenvalue weighted by Gasteiger charge is 2.34. The Balaban J connectivity index is 1.32. The Kier molecular flexibility index (Phi) is 5.39. The van der Waals surface area contributed by atoms with Crippen LogP contribution in [0.4, 0.5) is 42.0 Å². The maximum absolute atomic E-state index is 14.7. The zero-order valence-electron chi connectivity index (χ0n) is 18.2. The van der Waals surface area contributed by atoms with Crippen molar-refractivity contribution in [1.82, 2.24) is 15.0 Å². The van der Waals surface area contributed by atoms with Crippen molar-refractivity contribution in [2.45, 2.75) is 25.7 Å². The summed E-state index contributed by atoms with van der Waals surface area (Å²) < 4.78 is 46.5. The van der Waals surface area contributed by atoms with Crippen molar-refractivity contribution in [3.8, 4) is 0 Å². The smallest absolute Gasteiger partial charge is 0.408 e. The highest BCUT2D eigenvalue weighted by molar-refractivity contribution is 5.78. The number of piperidine rings is 1. The minimum Gasteiger partial charge on any atom is -0.408 e. The summed E-state index contributed by atoms with van der Waals surface area (Å²) in [4.78, 5) is 24.3. The largest absolute Gasteiger partial charge is 0.417 e. The second-order valence-electron chi connectivity index (χ2n) is 8.21. The van der Waals surface area contributed by atoms with Gasteiger partial charge in [0, 0.05) is 49.1 Å². The number of aromatic amines is 1. The Hall–Kier alpha value is -4.02. The molecule has 4 aromatic rings. The maximum Gasteiger partial charge on any atom is 0.417 e. The third-order valence-electron chi connectivity index (χ3n) is 5.69. The first-order valence-corrected chi connectivity index (χ1v) is 10.7. The van der Waals surface area contributed by atoms with E-state index in [2.05, 4.69) is 25.6 Å². The molecular weight excluding hydrogens is 449 g/mol. The topological polar surface area (TPSA) is 99.1 Å². The van der Waals surface area contributed by atoms with Gasteiger partial charge in [-0.3, -0.25) is 4.98 Å². The number of anilines is 5. The number of nitrogens with one attached hydrogen (secondary N) is 3. The van der Waals surface area contributed by atoms with E-state index < -0.39 is 17.5 Å². The van der Waals surface area contributed by atoms with Gasteiger partial charge in [-0.1, -0.05) is 0 Å². The van der Waals surface area contributed by atoms with Crippen LogP contribution in [0, 0.1) is 12.7 Å². The van der Waals surface area contributed by atoms with Crippen LogP contribution in [0.5, 0.6) is 0 Å². The van der Waals surface area contributed by atoms with Gasteiger partial charge in [-0.25, -0.2) is 22.9 Å². The highest BCUT2D eigenvalue weighted by atomic mass is 19.3. The van der Waals surface area contributed by atoms with E-state index in [-0.39, 0.29) is 31.9 Å². The number of hydrogen-bond donors (Lipinski definition) is 3. The summed E-state index contributed by atoms with van der Waals surface area (Å²) in [5.41, 5.74) is 3.17. The Morgan fingerprint density at radius 3 is 2.59 bits per heavy atom. The van der Waals surface area contributed by atoms with Crippen LogP contribution in [0.3, 0.4) is 0 Å². The molecule has 0 unspecified atom stereocenters. The van der Waals surface area contributed by atoms with Crippen LogP contribution in [-0.4, -0.2) is 34.0 Å². The van der Waals surface area contributed by atoms with Gasteiger partial charge < -0.3 is 20.0 Å². The molecule has 11 heteroatoms. The molecule has 3 heterocycles. The predicted octanol–water partition coefficient (Wildman–Crippen LogP) is 5.08. The quantitative estimate of drug-likeness (QED) is 0.374. The monoisotopic (exact) mass is 470 g/mol. The standard InChI is InChI=1S/C23H21F3N6O2/c1-13-12-27-21(31-20(13)28-15-3-5-19-17(11-15)30-22(33)34-19)29-14-2-4-18(16(24)10-14)32-8-6-23(25,26)7-9-32/h2-5,10-12H,6-9H2,1H3,(H,30,33)(H2,27,28,29,31). The van der Waals surface area contributed by atoms with E-state index in [0.717, 1.165) is 5.56 Å². The number of halogens is 3. The van der Waals surface area contributed by atoms with Crippen LogP contribution in [0.2, 0.25) is 0 Å². The number of rotatable bonds is 5. The summed E-state index contributed by atoms with van der Waals surface area (Å²) in [6.45, 7) is 2.04. The van der Waals surface area contributed by atoms with Gasteiger partial charge in [0.25, 0.3) is 5.92 Å². The SMILES string of the molecule is Cc1cnc(Nc2ccc(N3CCC(F)(F)CC3)c(F)c2)nc1Nc1ccc2oc(=O)[nH]c2c1. The number of benzene rings is 2. The van der Waals surface area contributed by atoms with Gasteiger partial charge in [0.05, 0.1) is 11.2 Å². The van der Waals surface area contributed by atoms with Gasteiger partial charge in [-0.15, -0.1) is 0 Å². The molecule has 0 amide bonds. The van der Waals surface area contributed by atoms with Crippen molar-refractivity contribution >= 4 is 39.9 Å². The Bertz CT molecular complexity index is 1410. The van der Waals surface area contributed by atoms with Gasteiger partial charge in [-0.2, -0.15) is 4.98 Å². The number of H-pyrrole nitrogens is 1. The van der Waals surface area contributed by atoms with Crippen molar-refractivity contribution < 1.29 is 17.6 Å². The predicted molar refractivity (Wildman–Crippen MR) is 123 cm³/mol. The van der Waals surface area contributed by atoms with Crippen LogP contribution < -0.4 is 21.3 Å². The molecule has 0 saturated carbocycles. The molecule has 1 aliphatic heterocycles. The molecule has 5 rings (SSSR count). The lowest BCUT2D eigenvalue weighted by atomic mass is 10.1. The van der Waals surface area contributed by atoms with E-state index in [9.17, 15) is 18.0 Å². The summed E-state index contributed by atoms with van der Waals surface area (Å²) in [6, 6.07) is 9.65. The van der Waals surface area contributed by atoms with E-state index in [1.165, 1.54) is 6.07 Å². The summed E-state index contributed by atoms with van der Waals surface area (Å²) in [6.07, 6.45) is 1.04. The molecule has 3 N–H and O–H groups in total. The molecule has 0 bridgehead atoms. The van der Waals surface area contributed by atoms with E-state index in [1.54, 1.807) is 41.4 Å². The van der Waals surface area contributed by atoms with E-state index in [4.69, 9.17) is 4.42 Å². The lowest BCUT2D eigenvalue weighted by Crippen LogP contribution is -2.39. The normalized spacial score (nSPS) is 15.5. The lowest BCUT2D eigenvalue weighted by Gasteiger charge is -2.33. The van der Waals surface area contributed by atoms with Gasteiger partial charge in [-0.05, 0) is 43.3 Å². The van der Waals surface area contributed by atoms with Crippen LogP contribution in [0.15, 0.2) is 51.8 Å². The molecular formula is C23H21F3N6O2. The summed E-state index contributed by atoms with van der Waals surface area (Å²) >= 11 is 0. The van der Waals surface area contributed by atoms with Gasteiger partial charge in [0.1, 0.15) is 11.6 Å². The molecule has 2 aromatic heterocycles. The Morgan fingerprint density at radius 1 is 1.09 bits per heavy atom. The third-order valence-corrected chi connectivity index (χ3v) is 5.69. The number of aryl methyl sites for hydroxylation is 1. The molecule has 176 valence electrons. The molecule has 2 aromatic carbocycles. The van der Waals surface area contributed by atoms with Gasteiger partial charge >= 0.3 is 5.76 Å². The van der Waals surface area contributed by atoms with Crippen molar-refractivity contribution in [3.05, 3.63) is 64.5 Å². The average molecular weight is 470 g/mol. The van der Waals surface area contributed by atoms with Gasteiger partial charge in [0.2, 0.25) is 5.95 Å². The minimum atomic E-state index is -2.69. The van der Waals surface area contributed by atoms with E-state index >= 15 is 0 Å². The number of alkyl halides is 2. The fourth-order valence-corrected chi connectivity index (χ4v) is 3.84. The van der Waals surface area contributed by atoms with Crippen molar-refractivity contribution in [3.63, 3.8) is 0 Å². The van der Waals surface area contributed by atoms with Crippen LogP contribution >= 0.6 is 0 Å². The number of oxazole rings is 1. The zero-order valence-corrected chi connectivity index (χ0v) is 18.2. The second kappa shape index (κ2) is 8.40. The van der Waals surface area contributed by atoms with Gasteiger partial charge in [0.15, 0.2) is 5.58 Å². The van der Waals surface area contributed by atoms with Crippen LogP contribution in [-0.2, 0) is 0 Å². The maximum atomic E-state index is 14.7. The minimum absolute atomic E-state index is 0.102. The second-order valence-corrected chi connectivity index (χ2v) is 8.21. The molecule has 0 aliphatic carbocycles. The third kappa shape index (κ3) is 4.54. The fraction of sp³-hybridized carbons (Fsp3) is 0.261. The average Bonchev–Trinajstić information content (AvgIpc) is 3.16. The Labute approximate surface area is 191 Å². The van der Waals surface area contributed by atoms with Crippen molar-refractivity contribution in [2.75, 3.05) is 28.6 Å². The van der Waals surface area contributed by atoms with Crippen molar-refractivity contribution in [2.24, 2.45) is 0 Å². The van der Waals surface area contributed by atoms with E-state index in [1.807, 2.05) is 6.92 Å². The zero-order chi connectivity index (χ0) is 23.9. The first-order valence-electron chi connectivity index (χ1n) is 10.7. The number of nitrogens with zero attached hydrogens (tertiary/aromatic N) is 3. The molecule has 0 spiro atoms. The molecule has 1 aliphatic rings. The fourth-order valence-electron chi connectivity index (χ4n) is 3.84. The number of hydrogen-bond acceptors (Lipinski definition) is 7. The lowest BCUT2D eigenvalue weighted by molar-refractivity contribution is -0.0221. The molecule has 0 radical (unpaired) electrons. The summed E-state index contributed by atoms with van der Waals surface area (Å²) in [5, 5.41) is 6.14. The number of aromatic nitrogens is 3. The van der Waals surface area contributed by atoms with Crippen LogP contribution in [0.1, 0.15) is 18.4 Å². The summed E-state index contributed by atoms with van der Waals surface area (Å²) in [5.74, 6) is -2.97. The van der Waals surface area contributed by atoms with Crippen molar-refractivity contribution in [1.29, 1.82) is 0 Å². The van der Waals surface area contributed by atoms with Crippen LogP contribution in [0.25, 0.3) is 11.1 Å². The van der Waals surface area contributed by atoms with E-state index in [0.29, 0.717) is 34.0 Å². The Morgan fingerprint density at radius 2 is 1.82 bits per heavy atom. The molecule has 1 saturated heterocycles. The molecule has 1 fully saturated rings. The highest BCUT2D eigenvalue weighted by Crippen LogP contribution is 2.32. The molecule has 8 nitrogen and oxygen atoms in total. The summed E-state index contributed by atoms with van der Waals surface area (Å²) in [7, 11) is 0. The molecule has 34 heavy (non-hydrogen) atoms. The first kappa shape index (κ1) is 21.8. The molecule has 0 atom stereocenters.